The van der Waals surface area contributed by atoms with Crippen molar-refractivity contribution >= 4 is 32.5 Å². The number of carbonyl (C=O) groups is 1. The smallest absolute Gasteiger partial charge is 0.243 e. The Morgan fingerprint density at radius 1 is 1.07 bits per heavy atom. The number of aryl methyl sites for hydroxylation is 1. The summed E-state index contributed by atoms with van der Waals surface area (Å²) in [7, 11) is -1.91. The van der Waals surface area contributed by atoms with Crippen LogP contribution in [0.2, 0.25) is 0 Å². The van der Waals surface area contributed by atoms with Crippen LogP contribution in [0.4, 0.5) is 5.69 Å². The summed E-state index contributed by atoms with van der Waals surface area (Å²) in [6.07, 6.45) is 0. The van der Waals surface area contributed by atoms with Crippen molar-refractivity contribution in [1.29, 1.82) is 0 Å². The largest absolute Gasteiger partial charge is 0.358 e. The van der Waals surface area contributed by atoms with Crippen molar-refractivity contribution in [3.63, 3.8) is 0 Å². The first kappa shape index (κ1) is 20.6. The summed E-state index contributed by atoms with van der Waals surface area (Å²) in [5.41, 5.74) is 3.03. The molecule has 0 bridgehead atoms. The highest BCUT2D eigenvalue weighted by Crippen LogP contribution is 2.48. The first-order valence-electron chi connectivity index (χ1n) is 9.95. The predicted molar refractivity (Wildman–Crippen MR) is 120 cm³/mol. The van der Waals surface area contributed by atoms with Gasteiger partial charge in [0, 0.05) is 41.4 Å². The Balaban J connectivity index is 2.00. The molecule has 0 aliphatic carbocycles. The van der Waals surface area contributed by atoms with Crippen molar-refractivity contribution in [2.75, 3.05) is 18.5 Å². The standard InChI is InChI=1S/C23H27N3O3S/c1-15-20(16-10-6-8-12-18(16)25-15)23(14-24-30(28,29)22(2,3)4)17-11-7-9-13-19(17)26(5)21(23)27/h6-13,24-25H,14H2,1-5H3/t23-/m0/s1. The molecule has 0 saturated carbocycles. The van der Waals surface area contributed by atoms with Gasteiger partial charge in [-0.15, -0.1) is 0 Å². The van der Waals surface area contributed by atoms with Gasteiger partial charge < -0.3 is 9.88 Å². The molecular formula is C23H27N3O3S. The fraction of sp³-hybridized carbons (Fsp3) is 0.348. The Hall–Kier alpha value is -2.64. The average molecular weight is 426 g/mol. The highest BCUT2D eigenvalue weighted by molar-refractivity contribution is 7.90. The molecule has 0 fully saturated rings. The summed E-state index contributed by atoms with van der Waals surface area (Å²) in [6, 6.07) is 15.4. The number of fused-ring (bicyclic) bond motifs is 2. The summed E-state index contributed by atoms with van der Waals surface area (Å²) < 4.78 is 27.6. The van der Waals surface area contributed by atoms with Crippen molar-refractivity contribution in [2.24, 2.45) is 0 Å². The summed E-state index contributed by atoms with van der Waals surface area (Å²) in [5, 5.41) is 0.920. The number of para-hydroxylation sites is 2. The van der Waals surface area contributed by atoms with Gasteiger partial charge in [-0.3, -0.25) is 4.79 Å². The van der Waals surface area contributed by atoms with Crippen LogP contribution in [0.5, 0.6) is 0 Å². The van der Waals surface area contributed by atoms with Gasteiger partial charge in [-0.25, -0.2) is 13.1 Å². The molecule has 0 saturated heterocycles. The molecule has 0 radical (unpaired) electrons. The highest BCUT2D eigenvalue weighted by Gasteiger charge is 2.53. The maximum Gasteiger partial charge on any atom is 0.243 e. The van der Waals surface area contributed by atoms with Crippen LogP contribution in [0.15, 0.2) is 48.5 Å². The Morgan fingerprint density at radius 3 is 2.40 bits per heavy atom. The van der Waals surface area contributed by atoms with E-state index >= 15 is 0 Å². The van der Waals surface area contributed by atoms with Gasteiger partial charge in [-0.1, -0.05) is 36.4 Å². The van der Waals surface area contributed by atoms with E-state index in [0.29, 0.717) is 0 Å². The van der Waals surface area contributed by atoms with Crippen molar-refractivity contribution < 1.29 is 13.2 Å². The number of carbonyl (C=O) groups excluding carboxylic acids is 1. The molecule has 3 aromatic rings. The fourth-order valence-corrected chi connectivity index (χ4v) is 5.22. The van der Waals surface area contributed by atoms with Crippen LogP contribution in [0, 0.1) is 6.92 Å². The number of nitrogens with one attached hydrogen (secondary N) is 2. The van der Waals surface area contributed by atoms with Gasteiger partial charge >= 0.3 is 0 Å². The normalized spacial score (nSPS) is 19.5. The van der Waals surface area contributed by atoms with Gasteiger partial charge in [0.25, 0.3) is 0 Å². The molecule has 1 amide bonds. The van der Waals surface area contributed by atoms with Gasteiger partial charge in [-0.2, -0.15) is 0 Å². The van der Waals surface area contributed by atoms with Gasteiger partial charge in [0.1, 0.15) is 5.41 Å². The monoisotopic (exact) mass is 425 g/mol. The topological polar surface area (TPSA) is 82.3 Å². The predicted octanol–water partition coefficient (Wildman–Crippen LogP) is 3.46. The highest BCUT2D eigenvalue weighted by atomic mass is 32.2. The molecule has 1 aliphatic rings. The van der Waals surface area contributed by atoms with E-state index in [0.717, 1.165) is 33.4 Å². The minimum absolute atomic E-state index is 0.0462. The van der Waals surface area contributed by atoms with E-state index in [2.05, 4.69) is 9.71 Å². The first-order chi connectivity index (χ1) is 14.0. The molecule has 1 aromatic heterocycles. The Bertz CT molecular complexity index is 1250. The molecule has 30 heavy (non-hydrogen) atoms. The zero-order valence-electron chi connectivity index (χ0n) is 17.9. The molecule has 4 rings (SSSR count). The summed E-state index contributed by atoms with van der Waals surface area (Å²) in [6.45, 7) is 6.83. The Morgan fingerprint density at radius 2 is 1.70 bits per heavy atom. The van der Waals surface area contributed by atoms with Crippen LogP contribution in [-0.2, 0) is 20.2 Å². The number of likely N-dealkylation sites (N-methyl/N-ethyl adjacent to an activating group) is 1. The molecule has 2 heterocycles. The van der Waals surface area contributed by atoms with E-state index in [-0.39, 0.29) is 12.5 Å². The number of rotatable bonds is 4. The second-order valence-electron chi connectivity index (χ2n) is 8.89. The summed E-state index contributed by atoms with van der Waals surface area (Å²) >= 11 is 0. The lowest BCUT2D eigenvalue weighted by atomic mass is 9.74. The van der Waals surface area contributed by atoms with Crippen LogP contribution >= 0.6 is 0 Å². The quantitative estimate of drug-likeness (QED) is 0.672. The average Bonchev–Trinajstić information content (AvgIpc) is 3.13. The van der Waals surface area contributed by atoms with Crippen LogP contribution in [-0.4, -0.2) is 37.6 Å². The maximum absolute atomic E-state index is 13.8. The number of hydrogen-bond acceptors (Lipinski definition) is 3. The third-order valence-corrected chi connectivity index (χ3v) is 8.19. The van der Waals surface area contributed by atoms with E-state index in [9.17, 15) is 13.2 Å². The third-order valence-electron chi connectivity index (χ3n) is 6.05. The maximum atomic E-state index is 13.8. The minimum atomic E-state index is -3.65. The van der Waals surface area contributed by atoms with E-state index in [1.165, 1.54) is 0 Å². The van der Waals surface area contributed by atoms with Crippen molar-refractivity contribution in [3.05, 3.63) is 65.4 Å². The van der Waals surface area contributed by atoms with Gasteiger partial charge in [0.15, 0.2) is 0 Å². The molecular weight excluding hydrogens is 398 g/mol. The van der Waals surface area contributed by atoms with Gasteiger partial charge in [0.05, 0.1) is 4.75 Å². The zero-order chi connectivity index (χ0) is 21.9. The van der Waals surface area contributed by atoms with E-state index in [4.69, 9.17) is 0 Å². The molecule has 2 N–H and O–H groups in total. The first-order valence-corrected chi connectivity index (χ1v) is 11.4. The second kappa shape index (κ2) is 6.68. The lowest BCUT2D eigenvalue weighted by molar-refractivity contribution is -0.121. The number of benzene rings is 2. The Kier molecular flexibility index (Phi) is 4.60. The third kappa shape index (κ3) is 2.80. The van der Waals surface area contributed by atoms with Gasteiger partial charge in [0.2, 0.25) is 15.9 Å². The molecule has 2 aromatic carbocycles. The molecule has 1 atom stereocenters. The summed E-state index contributed by atoms with van der Waals surface area (Å²) in [5.74, 6) is -0.145. The molecule has 1 aliphatic heterocycles. The van der Waals surface area contributed by atoms with Crippen LogP contribution in [0.1, 0.15) is 37.6 Å². The number of aromatic amines is 1. The van der Waals surface area contributed by atoms with E-state index in [1.807, 2.05) is 55.5 Å². The molecule has 6 nitrogen and oxygen atoms in total. The summed E-state index contributed by atoms with van der Waals surface area (Å²) in [4.78, 5) is 18.8. The molecule has 7 heteroatoms. The number of H-pyrrole nitrogens is 1. The fourth-order valence-electron chi connectivity index (χ4n) is 4.39. The zero-order valence-corrected chi connectivity index (χ0v) is 18.7. The van der Waals surface area contributed by atoms with Crippen LogP contribution in [0.25, 0.3) is 10.9 Å². The number of aromatic nitrogens is 1. The minimum Gasteiger partial charge on any atom is -0.358 e. The Labute approximate surface area is 177 Å². The molecule has 0 spiro atoms. The number of amides is 1. The van der Waals surface area contributed by atoms with Crippen molar-refractivity contribution in [3.8, 4) is 0 Å². The second-order valence-corrected chi connectivity index (χ2v) is 11.4. The van der Waals surface area contributed by atoms with E-state index in [1.54, 1.807) is 32.7 Å². The lowest BCUT2D eigenvalue weighted by Crippen LogP contribution is -2.51. The van der Waals surface area contributed by atoms with Crippen molar-refractivity contribution in [2.45, 2.75) is 37.9 Å². The lowest BCUT2D eigenvalue weighted by Gasteiger charge is -2.31. The van der Waals surface area contributed by atoms with Crippen LogP contribution in [0.3, 0.4) is 0 Å². The SMILES string of the molecule is Cc1[nH]c2ccccc2c1[C@@]1(CNS(=O)(=O)C(C)(C)C)C(=O)N(C)c2ccccc21. The number of anilines is 1. The van der Waals surface area contributed by atoms with E-state index < -0.39 is 20.2 Å². The van der Waals surface area contributed by atoms with Gasteiger partial charge in [-0.05, 0) is 45.4 Å². The number of sulfonamides is 1. The number of hydrogen-bond donors (Lipinski definition) is 2. The van der Waals surface area contributed by atoms with Crippen molar-refractivity contribution in [1.82, 2.24) is 9.71 Å². The number of nitrogens with zero attached hydrogens (tertiary/aromatic N) is 1. The molecule has 158 valence electrons. The van der Waals surface area contributed by atoms with Crippen LogP contribution < -0.4 is 9.62 Å². The molecule has 0 unspecified atom stereocenters.